The van der Waals surface area contributed by atoms with Crippen LogP contribution in [-0.4, -0.2) is 48.2 Å². The van der Waals surface area contributed by atoms with Crippen LogP contribution in [0.5, 0.6) is 5.75 Å². The van der Waals surface area contributed by atoms with E-state index in [9.17, 15) is 27.6 Å². The average molecular weight is 416 g/mol. The van der Waals surface area contributed by atoms with E-state index in [4.69, 9.17) is 4.74 Å². The second-order valence-corrected chi connectivity index (χ2v) is 6.67. The Morgan fingerprint density at radius 1 is 1.24 bits per heavy atom. The van der Waals surface area contributed by atoms with Crippen molar-refractivity contribution < 1.29 is 37.0 Å². The van der Waals surface area contributed by atoms with E-state index in [-0.39, 0.29) is 18.1 Å². The molecule has 2 rings (SSSR count). The SMILES string of the molecule is CCC(=O)N1CCCC(C(=O)OC(C)C(=O)Nc2ccc(OC(F)(F)F)cc2)C1. The van der Waals surface area contributed by atoms with Gasteiger partial charge in [-0.2, -0.15) is 0 Å². The van der Waals surface area contributed by atoms with Gasteiger partial charge in [-0.3, -0.25) is 14.4 Å². The van der Waals surface area contributed by atoms with E-state index in [2.05, 4.69) is 10.1 Å². The first kappa shape index (κ1) is 22.5. The zero-order valence-electron chi connectivity index (χ0n) is 16.1. The normalized spacial score (nSPS) is 18.0. The smallest absolute Gasteiger partial charge is 0.452 e. The number of hydrogen-bond acceptors (Lipinski definition) is 5. The maximum absolute atomic E-state index is 12.3. The number of esters is 1. The van der Waals surface area contributed by atoms with E-state index in [1.165, 1.54) is 19.1 Å². The van der Waals surface area contributed by atoms with Crippen molar-refractivity contribution in [3.05, 3.63) is 24.3 Å². The first-order valence-electron chi connectivity index (χ1n) is 9.24. The number of anilines is 1. The number of ether oxygens (including phenoxy) is 2. The van der Waals surface area contributed by atoms with Gasteiger partial charge in [0.2, 0.25) is 5.91 Å². The lowest BCUT2D eigenvalue weighted by atomic mass is 9.98. The quantitative estimate of drug-likeness (QED) is 0.721. The Labute approximate surface area is 166 Å². The number of nitrogens with one attached hydrogen (secondary N) is 1. The molecule has 1 saturated heterocycles. The largest absolute Gasteiger partial charge is 0.573 e. The molecule has 2 unspecified atom stereocenters. The van der Waals surface area contributed by atoms with Crippen LogP contribution >= 0.6 is 0 Å². The van der Waals surface area contributed by atoms with Crippen LogP contribution in [0.2, 0.25) is 0 Å². The molecule has 0 saturated carbocycles. The molecule has 0 bridgehead atoms. The second-order valence-electron chi connectivity index (χ2n) is 6.67. The molecular weight excluding hydrogens is 393 g/mol. The Balaban J connectivity index is 1.86. The summed E-state index contributed by atoms with van der Waals surface area (Å²) >= 11 is 0. The fourth-order valence-electron chi connectivity index (χ4n) is 2.93. The summed E-state index contributed by atoms with van der Waals surface area (Å²) in [4.78, 5) is 38.0. The molecule has 2 atom stereocenters. The molecule has 1 aromatic carbocycles. The Morgan fingerprint density at radius 2 is 1.90 bits per heavy atom. The number of alkyl halides is 3. The molecule has 0 aliphatic carbocycles. The fourth-order valence-corrected chi connectivity index (χ4v) is 2.93. The predicted octanol–water partition coefficient (Wildman–Crippen LogP) is 3.10. The van der Waals surface area contributed by atoms with Crippen molar-refractivity contribution in [1.82, 2.24) is 4.90 Å². The molecule has 0 spiro atoms. The Hall–Kier alpha value is -2.78. The summed E-state index contributed by atoms with van der Waals surface area (Å²) in [6.07, 6.45) is -4.30. The molecule has 1 fully saturated rings. The number of hydrogen-bond donors (Lipinski definition) is 1. The molecule has 7 nitrogen and oxygen atoms in total. The van der Waals surface area contributed by atoms with Gasteiger partial charge in [0.25, 0.3) is 5.91 Å². The standard InChI is InChI=1S/C19H23F3N2O5/c1-3-16(25)24-10-4-5-13(11-24)18(27)28-12(2)17(26)23-14-6-8-15(9-7-14)29-19(20,21)22/h6-9,12-13H,3-5,10-11H2,1-2H3,(H,23,26). The highest BCUT2D eigenvalue weighted by Crippen LogP contribution is 2.24. The van der Waals surface area contributed by atoms with Crippen LogP contribution in [0, 0.1) is 5.92 Å². The summed E-state index contributed by atoms with van der Waals surface area (Å²) in [7, 11) is 0. The molecule has 10 heteroatoms. The molecule has 1 N–H and O–H groups in total. The van der Waals surface area contributed by atoms with Crippen LogP contribution in [0.25, 0.3) is 0 Å². The van der Waals surface area contributed by atoms with Crippen molar-refractivity contribution in [2.45, 2.75) is 45.6 Å². The van der Waals surface area contributed by atoms with Crippen LogP contribution < -0.4 is 10.1 Å². The average Bonchev–Trinajstić information content (AvgIpc) is 2.67. The number of halogens is 3. The van der Waals surface area contributed by atoms with E-state index in [1.807, 2.05) is 0 Å². The molecule has 0 radical (unpaired) electrons. The van der Waals surface area contributed by atoms with Crippen molar-refractivity contribution in [2.24, 2.45) is 5.92 Å². The second kappa shape index (κ2) is 9.62. The van der Waals surface area contributed by atoms with Gasteiger partial charge >= 0.3 is 12.3 Å². The molecular formula is C19H23F3N2O5. The minimum Gasteiger partial charge on any atom is -0.452 e. The lowest BCUT2D eigenvalue weighted by Crippen LogP contribution is -2.43. The van der Waals surface area contributed by atoms with Crippen molar-refractivity contribution >= 4 is 23.5 Å². The Bertz CT molecular complexity index is 736. The van der Waals surface area contributed by atoms with Gasteiger partial charge in [0.15, 0.2) is 6.10 Å². The molecule has 1 aliphatic heterocycles. The number of benzene rings is 1. The van der Waals surface area contributed by atoms with Gasteiger partial charge in [0.1, 0.15) is 5.75 Å². The molecule has 1 aliphatic rings. The third kappa shape index (κ3) is 6.95. The van der Waals surface area contributed by atoms with Gasteiger partial charge in [0.05, 0.1) is 5.92 Å². The summed E-state index contributed by atoms with van der Waals surface area (Å²) in [6.45, 7) is 4.01. The topological polar surface area (TPSA) is 84.9 Å². The molecule has 29 heavy (non-hydrogen) atoms. The van der Waals surface area contributed by atoms with E-state index >= 15 is 0 Å². The highest BCUT2D eigenvalue weighted by Gasteiger charge is 2.32. The predicted molar refractivity (Wildman–Crippen MR) is 96.9 cm³/mol. The number of likely N-dealkylation sites (tertiary alicyclic amines) is 1. The van der Waals surface area contributed by atoms with Crippen LogP contribution in [0.4, 0.5) is 18.9 Å². The highest BCUT2D eigenvalue weighted by atomic mass is 19.4. The number of amides is 2. The molecule has 0 aromatic heterocycles. The molecule has 2 amide bonds. The summed E-state index contributed by atoms with van der Waals surface area (Å²) < 4.78 is 45.4. The number of rotatable bonds is 6. The van der Waals surface area contributed by atoms with E-state index in [1.54, 1.807) is 11.8 Å². The van der Waals surface area contributed by atoms with Gasteiger partial charge in [-0.1, -0.05) is 6.92 Å². The van der Waals surface area contributed by atoms with Crippen molar-refractivity contribution in [2.75, 3.05) is 18.4 Å². The summed E-state index contributed by atoms with van der Waals surface area (Å²) in [5.41, 5.74) is 0.227. The first-order valence-corrected chi connectivity index (χ1v) is 9.24. The van der Waals surface area contributed by atoms with Gasteiger partial charge in [-0.15, -0.1) is 13.2 Å². The Morgan fingerprint density at radius 3 is 2.48 bits per heavy atom. The summed E-state index contributed by atoms with van der Waals surface area (Å²) in [5.74, 6) is -2.13. The minimum atomic E-state index is -4.80. The zero-order chi connectivity index (χ0) is 21.6. The van der Waals surface area contributed by atoms with Crippen molar-refractivity contribution in [3.8, 4) is 5.75 Å². The summed E-state index contributed by atoms with van der Waals surface area (Å²) in [5, 5.41) is 2.46. The van der Waals surface area contributed by atoms with Crippen LogP contribution in [0.3, 0.4) is 0 Å². The van der Waals surface area contributed by atoms with Gasteiger partial charge in [-0.25, -0.2) is 0 Å². The van der Waals surface area contributed by atoms with Gasteiger partial charge in [0, 0.05) is 25.2 Å². The number of piperidine rings is 1. The van der Waals surface area contributed by atoms with Crippen LogP contribution in [-0.2, 0) is 19.1 Å². The van der Waals surface area contributed by atoms with E-state index in [0.717, 1.165) is 12.1 Å². The zero-order valence-corrected chi connectivity index (χ0v) is 16.1. The fraction of sp³-hybridized carbons (Fsp3) is 0.526. The van der Waals surface area contributed by atoms with Crippen molar-refractivity contribution in [3.63, 3.8) is 0 Å². The molecule has 1 heterocycles. The maximum Gasteiger partial charge on any atom is 0.573 e. The molecule has 160 valence electrons. The maximum atomic E-state index is 12.3. The lowest BCUT2D eigenvalue weighted by Gasteiger charge is -2.31. The number of carbonyl (C=O) groups is 3. The van der Waals surface area contributed by atoms with Crippen LogP contribution in [0.15, 0.2) is 24.3 Å². The molecule has 1 aromatic rings. The van der Waals surface area contributed by atoms with Gasteiger partial charge in [-0.05, 0) is 44.0 Å². The van der Waals surface area contributed by atoms with Crippen molar-refractivity contribution in [1.29, 1.82) is 0 Å². The first-order chi connectivity index (χ1) is 13.6. The number of carbonyl (C=O) groups excluding carboxylic acids is 3. The Kier molecular flexibility index (Phi) is 7.46. The third-order valence-electron chi connectivity index (χ3n) is 4.43. The monoisotopic (exact) mass is 416 g/mol. The van der Waals surface area contributed by atoms with E-state index in [0.29, 0.717) is 25.8 Å². The minimum absolute atomic E-state index is 0.0359. The van der Waals surface area contributed by atoms with Crippen LogP contribution in [0.1, 0.15) is 33.1 Å². The lowest BCUT2D eigenvalue weighted by molar-refractivity contribution is -0.274. The van der Waals surface area contributed by atoms with E-state index < -0.39 is 36.0 Å². The third-order valence-corrected chi connectivity index (χ3v) is 4.43. The van der Waals surface area contributed by atoms with Gasteiger partial charge < -0.3 is 19.7 Å². The summed E-state index contributed by atoms with van der Waals surface area (Å²) in [6, 6.07) is 4.59. The highest BCUT2D eigenvalue weighted by molar-refractivity contribution is 5.95. The number of nitrogens with zero attached hydrogens (tertiary/aromatic N) is 1.